The van der Waals surface area contributed by atoms with Crippen LogP contribution in [0, 0.1) is 5.41 Å². The first kappa shape index (κ1) is 9.52. The molecule has 1 aliphatic carbocycles. The lowest BCUT2D eigenvalue weighted by Gasteiger charge is -2.33. The molecule has 12 heavy (non-hydrogen) atoms. The molecule has 0 aromatic rings. The summed E-state index contributed by atoms with van der Waals surface area (Å²) in [5.41, 5.74) is -0.452. The predicted molar refractivity (Wildman–Crippen MR) is 44.6 cm³/mol. The van der Waals surface area contributed by atoms with Crippen molar-refractivity contribution in [1.29, 1.82) is 0 Å². The molecule has 0 radical (unpaired) electrons. The van der Waals surface area contributed by atoms with E-state index in [-0.39, 0.29) is 12.1 Å². The van der Waals surface area contributed by atoms with Gasteiger partial charge in [-0.3, -0.25) is 4.79 Å². The SMILES string of the molecule is COC(=O)C1(C)CCCC(O)C1. The fraction of sp³-hybridized carbons (Fsp3) is 0.889. The summed E-state index contributed by atoms with van der Waals surface area (Å²) in [6, 6.07) is 0. The van der Waals surface area contributed by atoms with E-state index in [1.165, 1.54) is 7.11 Å². The van der Waals surface area contributed by atoms with Crippen molar-refractivity contribution in [3.8, 4) is 0 Å². The van der Waals surface area contributed by atoms with Crippen LogP contribution in [-0.2, 0) is 9.53 Å². The van der Waals surface area contributed by atoms with Gasteiger partial charge in [0.2, 0.25) is 0 Å². The van der Waals surface area contributed by atoms with Crippen molar-refractivity contribution in [2.24, 2.45) is 5.41 Å². The molecule has 3 heteroatoms. The third-order valence-electron chi connectivity index (χ3n) is 2.63. The highest BCUT2D eigenvalue weighted by atomic mass is 16.5. The number of ether oxygens (including phenoxy) is 1. The molecule has 1 fully saturated rings. The Labute approximate surface area is 72.7 Å². The minimum absolute atomic E-state index is 0.193. The molecule has 0 bridgehead atoms. The molecule has 3 nitrogen and oxygen atoms in total. The number of aliphatic hydroxyl groups is 1. The van der Waals surface area contributed by atoms with Gasteiger partial charge >= 0.3 is 5.97 Å². The summed E-state index contributed by atoms with van der Waals surface area (Å²) in [4.78, 5) is 11.3. The molecular weight excluding hydrogens is 156 g/mol. The zero-order chi connectivity index (χ0) is 9.19. The number of rotatable bonds is 1. The van der Waals surface area contributed by atoms with Gasteiger partial charge < -0.3 is 9.84 Å². The topological polar surface area (TPSA) is 46.5 Å². The summed E-state index contributed by atoms with van der Waals surface area (Å²) in [5, 5.41) is 9.38. The van der Waals surface area contributed by atoms with Crippen LogP contribution < -0.4 is 0 Å². The highest BCUT2D eigenvalue weighted by molar-refractivity contribution is 5.76. The van der Waals surface area contributed by atoms with Crippen LogP contribution >= 0.6 is 0 Å². The molecule has 1 rings (SSSR count). The quantitative estimate of drug-likeness (QED) is 0.602. The molecule has 1 N–H and O–H groups in total. The maximum atomic E-state index is 11.3. The minimum Gasteiger partial charge on any atom is -0.469 e. The fourth-order valence-corrected chi connectivity index (χ4v) is 1.88. The lowest BCUT2D eigenvalue weighted by molar-refractivity contribution is -0.156. The third kappa shape index (κ3) is 1.78. The number of methoxy groups -OCH3 is 1. The number of hydrogen-bond acceptors (Lipinski definition) is 3. The van der Waals surface area contributed by atoms with Gasteiger partial charge in [-0.1, -0.05) is 0 Å². The number of esters is 1. The Morgan fingerprint density at radius 1 is 1.67 bits per heavy atom. The second-order valence-corrected chi connectivity index (χ2v) is 3.80. The summed E-state index contributed by atoms with van der Waals surface area (Å²) < 4.78 is 4.69. The third-order valence-corrected chi connectivity index (χ3v) is 2.63. The lowest BCUT2D eigenvalue weighted by atomic mass is 9.74. The second-order valence-electron chi connectivity index (χ2n) is 3.80. The van der Waals surface area contributed by atoms with Gasteiger partial charge in [-0.15, -0.1) is 0 Å². The summed E-state index contributed by atoms with van der Waals surface area (Å²) in [7, 11) is 1.40. The Hall–Kier alpha value is -0.570. The fourth-order valence-electron chi connectivity index (χ4n) is 1.88. The number of hydrogen-bond donors (Lipinski definition) is 1. The van der Waals surface area contributed by atoms with Crippen LogP contribution in [0.15, 0.2) is 0 Å². The molecule has 2 atom stereocenters. The van der Waals surface area contributed by atoms with Gasteiger partial charge in [-0.25, -0.2) is 0 Å². The average molecular weight is 172 g/mol. The largest absolute Gasteiger partial charge is 0.469 e. The molecule has 1 saturated carbocycles. The average Bonchev–Trinajstić information content (AvgIpc) is 2.02. The van der Waals surface area contributed by atoms with Crippen LogP contribution in [0.5, 0.6) is 0 Å². The van der Waals surface area contributed by atoms with Gasteiger partial charge in [0.15, 0.2) is 0 Å². The van der Waals surface area contributed by atoms with Crippen molar-refractivity contribution in [1.82, 2.24) is 0 Å². The normalized spacial score (nSPS) is 36.1. The van der Waals surface area contributed by atoms with Crippen molar-refractivity contribution in [2.45, 2.75) is 38.7 Å². The highest BCUT2D eigenvalue weighted by Crippen LogP contribution is 2.36. The monoisotopic (exact) mass is 172 g/mol. The number of carbonyl (C=O) groups is 1. The highest BCUT2D eigenvalue weighted by Gasteiger charge is 2.38. The van der Waals surface area contributed by atoms with Crippen molar-refractivity contribution in [3.05, 3.63) is 0 Å². The second kappa shape index (κ2) is 3.44. The number of aliphatic hydroxyl groups excluding tert-OH is 1. The Kier molecular flexibility index (Phi) is 2.73. The summed E-state index contributed by atoms with van der Waals surface area (Å²) >= 11 is 0. The summed E-state index contributed by atoms with van der Waals surface area (Å²) in [5.74, 6) is -0.193. The van der Waals surface area contributed by atoms with E-state index in [0.29, 0.717) is 6.42 Å². The van der Waals surface area contributed by atoms with Crippen LogP contribution in [0.25, 0.3) is 0 Å². The van der Waals surface area contributed by atoms with Gasteiger partial charge in [0.1, 0.15) is 0 Å². The maximum Gasteiger partial charge on any atom is 0.311 e. The molecular formula is C9H16O3. The standard InChI is InChI=1S/C9H16O3/c1-9(8(11)12-2)5-3-4-7(10)6-9/h7,10H,3-6H2,1-2H3. The number of carbonyl (C=O) groups excluding carboxylic acids is 1. The molecule has 0 aromatic heterocycles. The first-order chi connectivity index (χ1) is 5.58. The van der Waals surface area contributed by atoms with Crippen LogP contribution in [0.1, 0.15) is 32.6 Å². The molecule has 0 amide bonds. The van der Waals surface area contributed by atoms with E-state index in [0.717, 1.165) is 19.3 Å². The Bertz CT molecular complexity index is 179. The molecule has 0 aromatic carbocycles. The van der Waals surface area contributed by atoms with E-state index < -0.39 is 5.41 Å². The lowest BCUT2D eigenvalue weighted by Crippen LogP contribution is -2.36. The van der Waals surface area contributed by atoms with Gasteiger partial charge in [0.25, 0.3) is 0 Å². The van der Waals surface area contributed by atoms with E-state index in [1.807, 2.05) is 6.92 Å². The van der Waals surface area contributed by atoms with Gasteiger partial charge in [0, 0.05) is 0 Å². The molecule has 0 spiro atoms. The Morgan fingerprint density at radius 2 is 2.33 bits per heavy atom. The maximum absolute atomic E-state index is 11.3. The summed E-state index contributed by atoms with van der Waals surface area (Å²) in [6.07, 6.45) is 2.76. The Morgan fingerprint density at radius 3 is 2.83 bits per heavy atom. The molecule has 0 saturated heterocycles. The van der Waals surface area contributed by atoms with Crippen molar-refractivity contribution in [3.63, 3.8) is 0 Å². The van der Waals surface area contributed by atoms with Gasteiger partial charge in [0.05, 0.1) is 18.6 Å². The predicted octanol–water partition coefficient (Wildman–Crippen LogP) is 1.10. The molecule has 1 aliphatic rings. The van der Waals surface area contributed by atoms with E-state index in [9.17, 15) is 9.90 Å². The molecule has 2 unspecified atom stereocenters. The van der Waals surface area contributed by atoms with E-state index in [4.69, 9.17) is 4.74 Å². The zero-order valence-corrected chi connectivity index (χ0v) is 7.67. The minimum atomic E-state index is -0.452. The van der Waals surface area contributed by atoms with Crippen LogP contribution in [0.4, 0.5) is 0 Å². The first-order valence-electron chi connectivity index (χ1n) is 4.35. The van der Waals surface area contributed by atoms with Crippen LogP contribution in [0.2, 0.25) is 0 Å². The first-order valence-corrected chi connectivity index (χ1v) is 4.35. The van der Waals surface area contributed by atoms with E-state index >= 15 is 0 Å². The van der Waals surface area contributed by atoms with Crippen LogP contribution in [-0.4, -0.2) is 24.3 Å². The zero-order valence-electron chi connectivity index (χ0n) is 7.67. The molecule has 70 valence electrons. The van der Waals surface area contributed by atoms with E-state index in [2.05, 4.69) is 0 Å². The Balaban J connectivity index is 2.63. The van der Waals surface area contributed by atoms with Crippen molar-refractivity contribution >= 4 is 5.97 Å². The molecule has 0 heterocycles. The smallest absolute Gasteiger partial charge is 0.311 e. The van der Waals surface area contributed by atoms with Crippen molar-refractivity contribution in [2.75, 3.05) is 7.11 Å². The summed E-state index contributed by atoms with van der Waals surface area (Å²) in [6.45, 7) is 1.86. The van der Waals surface area contributed by atoms with Crippen molar-refractivity contribution < 1.29 is 14.6 Å². The van der Waals surface area contributed by atoms with Gasteiger partial charge in [-0.05, 0) is 32.6 Å². The van der Waals surface area contributed by atoms with Crippen LogP contribution in [0.3, 0.4) is 0 Å². The van der Waals surface area contributed by atoms with E-state index in [1.54, 1.807) is 0 Å². The van der Waals surface area contributed by atoms with Gasteiger partial charge in [-0.2, -0.15) is 0 Å². The molecule has 0 aliphatic heterocycles.